The lowest BCUT2D eigenvalue weighted by Crippen LogP contribution is -2.47. The quantitative estimate of drug-likeness (QED) is 0.361. The summed E-state index contributed by atoms with van der Waals surface area (Å²) in [5, 5.41) is 6.77. The lowest BCUT2D eigenvalue weighted by Gasteiger charge is -2.26. The molecule has 0 bridgehead atoms. The van der Waals surface area contributed by atoms with E-state index in [0.29, 0.717) is 12.6 Å². The fourth-order valence-corrected chi connectivity index (χ4v) is 3.10. The number of hydrogen-bond donors (Lipinski definition) is 1. The van der Waals surface area contributed by atoms with Crippen LogP contribution in [-0.2, 0) is 0 Å². The fraction of sp³-hybridized carbons (Fsp3) is 0.923. The predicted octanol–water partition coefficient (Wildman–Crippen LogP) is 3.19. The first-order valence-corrected chi connectivity index (χ1v) is 7.39. The molecule has 0 radical (unpaired) electrons. The van der Waals surface area contributed by atoms with Crippen molar-refractivity contribution in [2.45, 2.75) is 63.5 Å². The molecule has 0 spiro atoms. The van der Waals surface area contributed by atoms with Crippen LogP contribution in [0, 0.1) is 0 Å². The molecule has 0 aromatic rings. The number of urea groups is 1. The van der Waals surface area contributed by atoms with Crippen LogP contribution in [0.1, 0.15) is 51.4 Å². The van der Waals surface area contributed by atoms with Gasteiger partial charge < -0.3 is 10.2 Å². The van der Waals surface area contributed by atoms with Crippen LogP contribution in [0.2, 0.25) is 0 Å². The third kappa shape index (κ3) is 4.03. The van der Waals surface area contributed by atoms with Crippen molar-refractivity contribution in [1.29, 1.82) is 0 Å². The molecule has 19 heavy (non-hydrogen) atoms. The highest BCUT2D eigenvalue weighted by atomic mass is 16.2. The predicted molar refractivity (Wildman–Crippen MR) is 73.8 cm³/mol. The van der Waals surface area contributed by atoms with Gasteiger partial charge in [0.2, 0.25) is 0 Å². The van der Waals surface area contributed by atoms with Crippen LogP contribution in [0.25, 0.3) is 10.4 Å². The minimum Gasteiger partial charge on any atom is -0.335 e. The number of hydrogen-bond acceptors (Lipinski definition) is 2. The van der Waals surface area contributed by atoms with Crippen LogP contribution in [-0.4, -0.2) is 36.1 Å². The molecule has 6 heteroatoms. The second-order valence-electron chi connectivity index (χ2n) is 5.54. The molecule has 0 aromatic heterocycles. The molecule has 106 valence electrons. The maximum absolute atomic E-state index is 12.3. The Labute approximate surface area is 114 Å². The average molecular weight is 265 g/mol. The van der Waals surface area contributed by atoms with E-state index in [1.165, 1.54) is 25.7 Å². The highest BCUT2D eigenvalue weighted by molar-refractivity contribution is 5.75. The number of carbonyl (C=O) groups excluding carboxylic acids is 1. The van der Waals surface area contributed by atoms with E-state index in [1.54, 1.807) is 0 Å². The van der Waals surface area contributed by atoms with Crippen molar-refractivity contribution in [1.82, 2.24) is 10.2 Å². The Balaban J connectivity index is 1.85. The Morgan fingerprint density at radius 1 is 1.21 bits per heavy atom. The molecule has 1 saturated heterocycles. The van der Waals surface area contributed by atoms with Crippen LogP contribution < -0.4 is 5.32 Å². The lowest BCUT2D eigenvalue weighted by atomic mass is 10.1. The van der Waals surface area contributed by atoms with Gasteiger partial charge in [-0.1, -0.05) is 30.8 Å². The second kappa shape index (κ2) is 7.24. The van der Waals surface area contributed by atoms with Gasteiger partial charge in [-0.15, -0.1) is 0 Å². The first kappa shape index (κ1) is 14.0. The standard InChI is InChI=1S/C13H23N5O/c14-17-15-10-12-8-5-9-18(12)13(19)16-11-6-3-1-2-4-7-11/h11-12H,1-10H2,(H,16,19). The lowest BCUT2D eigenvalue weighted by molar-refractivity contribution is 0.188. The Kier molecular flexibility index (Phi) is 5.33. The van der Waals surface area contributed by atoms with E-state index < -0.39 is 0 Å². The number of rotatable bonds is 3. The minimum absolute atomic E-state index is 0.0301. The van der Waals surface area contributed by atoms with E-state index in [4.69, 9.17) is 5.53 Å². The summed E-state index contributed by atoms with van der Waals surface area (Å²) < 4.78 is 0. The number of azide groups is 1. The summed E-state index contributed by atoms with van der Waals surface area (Å²) in [5.74, 6) is 0. The highest BCUT2D eigenvalue weighted by Gasteiger charge is 2.29. The van der Waals surface area contributed by atoms with Crippen molar-refractivity contribution in [3.63, 3.8) is 0 Å². The molecule has 1 aliphatic heterocycles. The van der Waals surface area contributed by atoms with Gasteiger partial charge in [-0.3, -0.25) is 0 Å². The monoisotopic (exact) mass is 265 g/mol. The van der Waals surface area contributed by atoms with E-state index in [9.17, 15) is 4.79 Å². The topological polar surface area (TPSA) is 81.1 Å². The van der Waals surface area contributed by atoms with E-state index in [-0.39, 0.29) is 12.1 Å². The second-order valence-corrected chi connectivity index (χ2v) is 5.54. The Bertz CT molecular complexity index is 345. The van der Waals surface area contributed by atoms with Crippen molar-refractivity contribution in [2.75, 3.05) is 13.1 Å². The Morgan fingerprint density at radius 2 is 1.95 bits per heavy atom. The molecular weight excluding hydrogens is 242 g/mol. The van der Waals surface area contributed by atoms with Gasteiger partial charge in [-0.25, -0.2) is 4.79 Å². The molecule has 2 rings (SSSR count). The molecule has 1 N–H and O–H groups in total. The normalized spacial score (nSPS) is 24.6. The minimum atomic E-state index is 0.0301. The van der Waals surface area contributed by atoms with Crippen molar-refractivity contribution in [3.05, 3.63) is 10.4 Å². The molecule has 2 fully saturated rings. The van der Waals surface area contributed by atoms with Crippen LogP contribution in [0.5, 0.6) is 0 Å². The third-order valence-corrected chi connectivity index (χ3v) is 4.18. The van der Waals surface area contributed by atoms with Crippen molar-refractivity contribution in [3.8, 4) is 0 Å². The summed E-state index contributed by atoms with van der Waals surface area (Å²) in [5.41, 5.74) is 8.38. The largest absolute Gasteiger partial charge is 0.335 e. The number of likely N-dealkylation sites (tertiary alicyclic amines) is 1. The maximum atomic E-state index is 12.3. The van der Waals surface area contributed by atoms with Gasteiger partial charge in [-0.05, 0) is 31.2 Å². The van der Waals surface area contributed by atoms with E-state index >= 15 is 0 Å². The van der Waals surface area contributed by atoms with Crippen LogP contribution in [0.15, 0.2) is 5.11 Å². The first-order valence-electron chi connectivity index (χ1n) is 7.39. The Morgan fingerprint density at radius 3 is 2.63 bits per heavy atom. The summed E-state index contributed by atoms with van der Waals surface area (Å²) in [7, 11) is 0. The number of nitrogens with zero attached hydrogens (tertiary/aromatic N) is 4. The summed E-state index contributed by atoms with van der Waals surface area (Å²) in [6.45, 7) is 1.18. The maximum Gasteiger partial charge on any atom is 0.317 e. The summed E-state index contributed by atoms with van der Waals surface area (Å²) >= 11 is 0. The molecule has 1 atom stereocenters. The van der Waals surface area contributed by atoms with Crippen molar-refractivity contribution in [2.24, 2.45) is 5.11 Å². The number of carbonyl (C=O) groups is 1. The summed E-state index contributed by atoms with van der Waals surface area (Å²) in [6.07, 6.45) is 9.15. The van der Waals surface area contributed by atoms with Gasteiger partial charge in [0.1, 0.15) is 0 Å². The average Bonchev–Trinajstić information content (AvgIpc) is 2.74. The molecular formula is C13H23N5O. The molecule has 2 amide bonds. The zero-order valence-corrected chi connectivity index (χ0v) is 11.4. The molecule has 1 saturated carbocycles. The first-order chi connectivity index (χ1) is 9.31. The zero-order valence-electron chi connectivity index (χ0n) is 11.4. The molecule has 1 unspecified atom stereocenters. The van der Waals surface area contributed by atoms with E-state index in [0.717, 1.165) is 32.2 Å². The van der Waals surface area contributed by atoms with Gasteiger partial charge in [-0.2, -0.15) is 0 Å². The number of nitrogens with one attached hydrogen (secondary N) is 1. The van der Waals surface area contributed by atoms with Crippen LogP contribution in [0.4, 0.5) is 4.79 Å². The van der Waals surface area contributed by atoms with E-state index in [1.807, 2.05) is 4.90 Å². The SMILES string of the molecule is [N-]=[N+]=NCC1CCCN1C(=O)NC1CCCCCC1. The van der Waals surface area contributed by atoms with Gasteiger partial charge in [0, 0.05) is 30.1 Å². The highest BCUT2D eigenvalue weighted by Crippen LogP contribution is 2.20. The van der Waals surface area contributed by atoms with Gasteiger partial charge >= 0.3 is 6.03 Å². The van der Waals surface area contributed by atoms with Gasteiger partial charge in [0.15, 0.2) is 0 Å². The molecule has 2 aliphatic rings. The molecule has 1 heterocycles. The molecule has 1 aliphatic carbocycles. The zero-order chi connectivity index (χ0) is 13.5. The summed E-state index contributed by atoms with van der Waals surface area (Å²) in [4.78, 5) is 16.9. The molecule has 6 nitrogen and oxygen atoms in total. The van der Waals surface area contributed by atoms with Crippen molar-refractivity contribution >= 4 is 6.03 Å². The smallest absolute Gasteiger partial charge is 0.317 e. The molecule has 0 aromatic carbocycles. The van der Waals surface area contributed by atoms with Crippen LogP contribution >= 0.6 is 0 Å². The van der Waals surface area contributed by atoms with Gasteiger partial charge in [0.25, 0.3) is 0 Å². The van der Waals surface area contributed by atoms with Crippen molar-refractivity contribution < 1.29 is 4.79 Å². The van der Waals surface area contributed by atoms with Crippen LogP contribution in [0.3, 0.4) is 0 Å². The summed E-state index contributed by atoms with van der Waals surface area (Å²) in [6, 6.07) is 0.444. The Hall–Kier alpha value is -1.42. The third-order valence-electron chi connectivity index (χ3n) is 4.18. The van der Waals surface area contributed by atoms with Gasteiger partial charge in [0.05, 0.1) is 0 Å². The van der Waals surface area contributed by atoms with E-state index in [2.05, 4.69) is 15.3 Å². The number of amides is 2. The fourth-order valence-electron chi connectivity index (χ4n) is 3.10.